The fraction of sp³-hybridized carbons (Fsp3) is 0.0909. The molecule has 0 fully saturated rings. The molecule has 6 rings (SSSR count). The van der Waals surface area contributed by atoms with Crippen molar-refractivity contribution in [1.29, 1.82) is 0 Å². The van der Waals surface area contributed by atoms with E-state index in [1.807, 2.05) is 25.3 Å². The molecule has 2 N–H and O–H groups in total. The summed E-state index contributed by atoms with van der Waals surface area (Å²) in [7, 11) is 0. The third-order valence-corrected chi connectivity index (χ3v) is 6.74. The third-order valence-electron chi connectivity index (χ3n) is 6.74. The van der Waals surface area contributed by atoms with Crippen molar-refractivity contribution in [2.45, 2.75) is 19.3 Å². The normalized spacial score (nSPS) is 17.5. The third kappa shape index (κ3) is 4.67. The fourth-order valence-corrected chi connectivity index (χ4v) is 4.99. The molecule has 0 radical (unpaired) electrons. The van der Waals surface area contributed by atoms with E-state index in [4.69, 9.17) is 4.99 Å². The number of fused-ring (bicyclic) bond motifs is 1. The van der Waals surface area contributed by atoms with E-state index in [1.165, 1.54) is 21.9 Å². The minimum absolute atomic E-state index is 0.160. The Hall–Kier alpha value is -4.54. The monoisotopic (exact) mass is 480 g/mol. The van der Waals surface area contributed by atoms with Gasteiger partial charge in [0.1, 0.15) is 18.2 Å². The molecule has 0 aliphatic carbocycles. The van der Waals surface area contributed by atoms with Crippen LogP contribution in [-0.2, 0) is 0 Å². The molecule has 1 aliphatic rings. The van der Waals surface area contributed by atoms with Gasteiger partial charge in [0, 0.05) is 17.3 Å². The second-order valence-electron chi connectivity index (χ2n) is 9.08. The first-order valence-corrected chi connectivity index (χ1v) is 12.6. The Morgan fingerprint density at radius 2 is 1.41 bits per heavy atom. The zero-order chi connectivity index (χ0) is 25.0. The van der Waals surface area contributed by atoms with Gasteiger partial charge in [0.15, 0.2) is 0 Å². The van der Waals surface area contributed by atoms with E-state index in [0.29, 0.717) is 0 Å². The van der Waals surface area contributed by atoms with Crippen LogP contribution in [0.1, 0.15) is 35.9 Å². The van der Waals surface area contributed by atoms with Crippen LogP contribution in [0, 0.1) is 0 Å². The molecule has 0 spiro atoms. The summed E-state index contributed by atoms with van der Waals surface area (Å²) in [5.74, 6) is 0.879. The molecule has 37 heavy (non-hydrogen) atoms. The summed E-state index contributed by atoms with van der Waals surface area (Å²) in [5, 5.41) is 9.95. The van der Waals surface area contributed by atoms with Crippen molar-refractivity contribution in [1.82, 2.24) is 10.6 Å². The Labute approximate surface area is 217 Å². The molecule has 0 saturated heterocycles. The zero-order valence-electron chi connectivity index (χ0n) is 20.7. The summed E-state index contributed by atoms with van der Waals surface area (Å²) in [6, 6.07) is 42.2. The van der Waals surface area contributed by atoms with Crippen LogP contribution < -0.4 is 10.6 Å². The van der Waals surface area contributed by atoms with Crippen molar-refractivity contribution in [3.05, 3.63) is 138 Å². The van der Waals surface area contributed by atoms with Crippen molar-refractivity contribution < 1.29 is 0 Å². The van der Waals surface area contributed by atoms with Gasteiger partial charge in [-0.3, -0.25) is 10.3 Å². The van der Waals surface area contributed by atoms with Crippen molar-refractivity contribution in [2.75, 3.05) is 0 Å². The summed E-state index contributed by atoms with van der Waals surface area (Å²) >= 11 is 0. The zero-order valence-corrected chi connectivity index (χ0v) is 20.7. The van der Waals surface area contributed by atoms with E-state index in [9.17, 15) is 0 Å². The van der Waals surface area contributed by atoms with Gasteiger partial charge in [-0.2, -0.15) is 0 Å². The van der Waals surface area contributed by atoms with Gasteiger partial charge in [-0.05, 0) is 46.5 Å². The number of rotatable bonds is 5. The molecule has 4 nitrogen and oxygen atoms in total. The Morgan fingerprint density at radius 3 is 2.16 bits per heavy atom. The number of aliphatic imine (C=N–C) groups is 2. The predicted octanol–water partition coefficient (Wildman–Crippen LogP) is 7.57. The highest BCUT2D eigenvalue weighted by molar-refractivity contribution is 6.00. The minimum atomic E-state index is -0.184. The van der Waals surface area contributed by atoms with Crippen LogP contribution in [0.25, 0.3) is 21.9 Å². The second-order valence-corrected chi connectivity index (χ2v) is 9.08. The highest BCUT2D eigenvalue weighted by Crippen LogP contribution is 2.37. The van der Waals surface area contributed by atoms with Gasteiger partial charge in [-0.1, -0.05) is 109 Å². The minimum Gasteiger partial charge on any atom is -0.350 e. The van der Waals surface area contributed by atoms with Gasteiger partial charge < -0.3 is 5.32 Å². The smallest absolute Gasteiger partial charge is 0.131 e. The molecule has 0 amide bonds. The van der Waals surface area contributed by atoms with Crippen LogP contribution in [0.3, 0.4) is 0 Å². The lowest BCUT2D eigenvalue weighted by Crippen LogP contribution is -2.45. The predicted molar refractivity (Wildman–Crippen MR) is 154 cm³/mol. The molecule has 180 valence electrons. The molecule has 0 aromatic heterocycles. The first-order valence-electron chi connectivity index (χ1n) is 12.6. The Kier molecular flexibility index (Phi) is 6.32. The van der Waals surface area contributed by atoms with Crippen molar-refractivity contribution in [3.63, 3.8) is 0 Å². The molecule has 0 saturated carbocycles. The number of hydrogen-bond acceptors (Lipinski definition) is 4. The van der Waals surface area contributed by atoms with Crippen LogP contribution in [0.15, 0.2) is 131 Å². The first-order chi connectivity index (χ1) is 18.3. The molecule has 5 aromatic rings. The van der Waals surface area contributed by atoms with Crippen LogP contribution in [0.4, 0.5) is 5.69 Å². The molecular weight excluding hydrogens is 452 g/mol. The van der Waals surface area contributed by atoms with Gasteiger partial charge in [-0.25, -0.2) is 4.99 Å². The topological polar surface area (TPSA) is 48.8 Å². The Bertz CT molecular complexity index is 1570. The van der Waals surface area contributed by atoms with Crippen molar-refractivity contribution in [2.24, 2.45) is 9.98 Å². The molecule has 2 unspecified atom stereocenters. The number of nitrogens with zero attached hydrogens (tertiary/aromatic N) is 2. The lowest BCUT2D eigenvalue weighted by atomic mass is 9.91. The molecule has 5 aromatic carbocycles. The quantitative estimate of drug-likeness (QED) is 0.255. The average Bonchev–Trinajstić information content (AvgIpc) is 2.98. The first kappa shape index (κ1) is 22.9. The van der Waals surface area contributed by atoms with Gasteiger partial charge >= 0.3 is 0 Å². The molecule has 1 aliphatic heterocycles. The largest absolute Gasteiger partial charge is 0.350 e. The van der Waals surface area contributed by atoms with E-state index in [2.05, 4.69) is 125 Å². The van der Waals surface area contributed by atoms with Crippen molar-refractivity contribution in [3.8, 4) is 11.1 Å². The number of hydrogen-bond donors (Lipinski definition) is 2. The van der Waals surface area contributed by atoms with Gasteiger partial charge in [0.25, 0.3) is 0 Å². The van der Waals surface area contributed by atoms with Crippen LogP contribution in [0.5, 0.6) is 0 Å². The number of amidine groups is 1. The van der Waals surface area contributed by atoms with E-state index in [1.54, 1.807) is 0 Å². The van der Waals surface area contributed by atoms with Crippen LogP contribution >= 0.6 is 0 Å². The Balaban J connectivity index is 1.51. The highest BCUT2D eigenvalue weighted by Gasteiger charge is 2.28. The summed E-state index contributed by atoms with van der Waals surface area (Å²) in [6.07, 6.45) is 1.48. The second kappa shape index (κ2) is 10.2. The molecule has 0 bridgehead atoms. The summed E-state index contributed by atoms with van der Waals surface area (Å²) < 4.78 is 0. The molecule has 4 heteroatoms. The van der Waals surface area contributed by atoms with Gasteiger partial charge in [0.2, 0.25) is 0 Å². The maximum atomic E-state index is 5.09. The van der Waals surface area contributed by atoms with Crippen molar-refractivity contribution >= 4 is 28.5 Å². The summed E-state index contributed by atoms with van der Waals surface area (Å²) in [5.41, 5.74) is 6.68. The SMILES string of the molecule is CC=Nc1ccc(-c2ccc3ccccc3c2C2NC(c3ccccc3)=NC(c3ccccc3)N2)cc1. The highest BCUT2D eigenvalue weighted by atomic mass is 15.3. The lowest BCUT2D eigenvalue weighted by Gasteiger charge is -2.34. The summed E-state index contributed by atoms with van der Waals surface area (Å²) in [4.78, 5) is 9.52. The number of benzene rings is 5. The standard InChI is InChI=1S/C33H28N4/c1-2-34-27-20-17-24(18-21-27)29-22-19-23-11-9-10-16-28(23)30(29)33-36-31(25-12-5-3-6-13-25)35-32(37-33)26-14-7-4-8-15-26/h2-22,31,33,36H,1H3,(H,35,37). The van der Waals surface area contributed by atoms with Crippen LogP contribution in [-0.4, -0.2) is 12.1 Å². The average molecular weight is 481 g/mol. The van der Waals surface area contributed by atoms with E-state index < -0.39 is 0 Å². The maximum absolute atomic E-state index is 5.09. The van der Waals surface area contributed by atoms with Gasteiger partial charge in [0.05, 0.1) is 5.69 Å². The maximum Gasteiger partial charge on any atom is 0.131 e. The Morgan fingerprint density at radius 1 is 0.703 bits per heavy atom. The van der Waals surface area contributed by atoms with Crippen LogP contribution in [0.2, 0.25) is 0 Å². The number of nitrogens with one attached hydrogen (secondary N) is 2. The lowest BCUT2D eigenvalue weighted by molar-refractivity contribution is 0.411. The molecule has 1 heterocycles. The molecule has 2 atom stereocenters. The van der Waals surface area contributed by atoms with Gasteiger partial charge in [-0.15, -0.1) is 0 Å². The summed E-state index contributed by atoms with van der Waals surface area (Å²) in [6.45, 7) is 1.94. The molecular formula is C33H28N4. The van der Waals surface area contributed by atoms with E-state index in [-0.39, 0.29) is 12.3 Å². The fourth-order valence-electron chi connectivity index (χ4n) is 4.99. The van der Waals surface area contributed by atoms with E-state index in [0.717, 1.165) is 28.2 Å². The van der Waals surface area contributed by atoms with E-state index >= 15 is 0 Å².